The average molecular weight is 437 g/mol. The SMILES string of the molecule is CCCCCCc1nc(N)nc2ccn(Cc3ccc(/C=C/C(=O)OCC)cc3OC)c12. The van der Waals surface area contributed by atoms with Crippen molar-refractivity contribution in [2.75, 3.05) is 19.5 Å². The van der Waals surface area contributed by atoms with Crippen LogP contribution in [-0.4, -0.2) is 34.2 Å². The van der Waals surface area contributed by atoms with Gasteiger partial charge >= 0.3 is 5.97 Å². The van der Waals surface area contributed by atoms with E-state index in [0.29, 0.717) is 19.1 Å². The third-order valence-corrected chi connectivity index (χ3v) is 5.32. The minimum Gasteiger partial charge on any atom is -0.496 e. The maximum Gasteiger partial charge on any atom is 0.330 e. The molecule has 32 heavy (non-hydrogen) atoms. The molecule has 7 heteroatoms. The number of hydrogen-bond donors (Lipinski definition) is 1. The summed E-state index contributed by atoms with van der Waals surface area (Å²) in [6, 6.07) is 7.86. The molecule has 3 aromatic rings. The molecule has 2 heterocycles. The van der Waals surface area contributed by atoms with Gasteiger partial charge in [-0.05, 0) is 43.5 Å². The van der Waals surface area contributed by atoms with Crippen molar-refractivity contribution in [2.45, 2.75) is 52.5 Å². The number of nitrogens with two attached hydrogens (primary N) is 1. The molecule has 0 radical (unpaired) electrons. The van der Waals surface area contributed by atoms with Gasteiger partial charge in [-0.2, -0.15) is 0 Å². The Morgan fingerprint density at radius 3 is 2.75 bits per heavy atom. The Kier molecular flexibility index (Phi) is 8.25. The van der Waals surface area contributed by atoms with Gasteiger partial charge in [0.05, 0.1) is 37.0 Å². The van der Waals surface area contributed by atoms with E-state index in [1.54, 1.807) is 20.1 Å². The summed E-state index contributed by atoms with van der Waals surface area (Å²) in [6.45, 7) is 4.96. The molecule has 0 spiro atoms. The summed E-state index contributed by atoms with van der Waals surface area (Å²) in [5.74, 6) is 0.704. The van der Waals surface area contributed by atoms with Gasteiger partial charge in [0.1, 0.15) is 5.75 Å². The molecule has 0 saturated heterocycles. The van der Waals surface area contributed by atoms with Gasteiger partial charge in [0, 0.05) is 17.8 Å². The molecule has 2 N–H and O–H groups in total. The number of rotatable bonds is 11. The number of nitrogens with zero attached hydrogens (tertiary/aromatic N) is 3. The molecule has 0 unspecified atom stereocenters. The van der Waals surface area contributed by atoms with E-state index in [4.69, 9.17) is 15.2 Å². The van der Waals surface area contributed by atoms with Crippen LogP contribution in [0.2, 0.25) is 0 Å². The van der Waals surface area contributed by atoms with E-state index in [9.17, 15) is 4.79 Å². The normalized spacial score (nSPS) is 11.3. The van der Waals surface area contributed by atoms with E-state index in [1.807, 2.05) is 30.5 Å². The van der Waals surface area contributed by atoms with Gasteiger partial charge in [0.25, 0.3) is 0 Å². The Labute approximate surface area is 189 Å². The number of esters is 1. The molecule has 7 nitrogen and oxygen atoms in total. The maximum absolute atomic E-state index is 11.6. The van der Waals surface area contributed by atoms with Gasteiger partial charge in [-0.3, -0.25) is 0 Å². The number of hydrogen-bond acceptors (Lipinski definition) is 6. The van der Waals surface area contributed by atoms with Gasteiger partial charge in [0.2, 0.25) is 5.95 Å². The number of ether oxygens (including phenoxy) is 2. The van der Waals surface area contributed by atoms with Crippen molar-refractivity contribution >= 4 is 29.0 Å². The van der Waals surface area contributed by atoms with Crippen LogP contribution >= 0.6 is 0 Å². The number of aromatic nitrogens is 3. The highest BCUT2D eigenvalue weighted by Gasteiger charge is 2.13. The summed E-state index contributed by atoms with van der Waals surface area (Å²) >= 11 is 0. The standard InChI is InChI=1S/C25H32N4O3/c1-4-6-7-8-9-20-24-21(28-25(26)27-20)14-15-29(24)17-19-12-10-18(16-22(19)31-3)11-13-23(30)32-5-2/h10-16H,4-9,17H2,1-3H3,(H2,26,27,28)/b13-11+. The quantitative estimate of drug-likeness (QED) is 0.264. The number of carbonyl (C=O) groups excluding carboxylic acids is 1. The molecule has 170 valence electrons. The number of methoxy groups -OCH3 is 1. The molecule has 0 bridgehead atoms. The van der Waals surface area contributed by atoms with Crippen molar-refractivity contribution in [3.63, 3.8) is 0 Å². The molecule has 0 saturated carbocycles. The first kappa shape index (κ1) is 23.3. The summed E-state index contributed by atoms with van der Waals surface area (Å²) in [6.07, 6.45) is 10.7. The number of benzene rings is 1. The summed E-state index contributed by atoms with van der Waals surface area (Å²) < 4.78 is 12.7. The minimum absolute atomic E-state index is 0.316. The Bertz CT molecular complexity index is 1090. The monoisotopic (exact) mass is 436 g/mol. The van der Waals surface area contributed by atoms with Crippen molar-refractivity contribution in [2.24, 2.45) is 0 Å². The molecule has 0 atom stereocenters. The van der Waals surface area contributed by atoms with Crippen molar-refractivity contribution in [1.29, 1.82) is 0 Å². The molecule has 0 aliphatic carbocycles. The summed E-state index contributed by atoms with van der Waals surface area (Å²) in [5.41, 5.74) is 10.7. The molecule has 2 aromatic heterocycles. The van der Waals surface area contributed by atoms with Crippen LogP contribution in [0.3, 0.4) is 0 Å². The fraction of sp³-hybridized carbons (Fsp3) is 0.400. The highest BCUT2D eigenvalue weighted by atomic mass is 16.5. The lowest BCUT2D eigenvalue weighted by molar-refractivity contribution is -0.137. The third-order valence-electron chi connectivity index (χ3n) is 5.32. The van der Waals surface area contributed by atoms with E-state index < -0.39 is 0 Å². The number of carbonyl (C=O) groups is 1. The van der Waals surface area contributed by atoms with Crippen LogP contribution in [0.4, 0.5) is 5.95 Å². The van der Waals surface area contributed by atoms with Crippen LogP contribution < -0.4 is 10.5 Å². The topological polar surface area (TPSA) is 92.3 Å². The predicted octanol–water partition coefficient (Wildman–Crippen LogP) is 4.77. The van der Waals surface area contributed by atoms with Crippen LogP contribution in [0, 0.1) is 0 Å². The zero-order valence-corrected chi connectivity index (χ0v) is 19.1. The van der Waals surface area contributed by atoms with Crippen LogP contribution in [0.1, 0.15) is 56.4 Å². The molecular formula is C25H32N4O3. The number of anilines is 1. The van der Waals surface area contributed by atoms with E-state index in [0.717, 1.165) is 46.4 Å². The third kappa shape index (κ3) is 5.87. The highest BCUT2D eigenvalue weighted by molar-refractivity contribution is 5.87. The van der Waals surface area contributed by atoms with Gasteiger partial charge in [-0.1, -0.05) is 38.3 Å². The summed E-state index contributed by atoms with van der Waals surface area (Å²) in [7, 11) is 1.65. The Morgan fingerprint density at radius 2 is 2.00 bits per heavy atom. The van der Waals surface area contributed by atoms with Crippen LogP contribution in [0.15, 0.2) is 36.5 Å². The van der Waals surface area contributed by atoms with Crippen molar-refractivity contribution < 1.29 is 14.3 Å². The largest absolute Gasteiger partial charge is 0.496 e. The smallest absolute Gasteiger partial charge is 0.330 e. The zero-order valence-electron chi connectivity index (χ0n) is 19.1. The fourth-order valence-corrected chi connectivity index (χ4v) is 3.76. The first-order valence-electron chi connectivity index (χ1n) is 11.2. The predicted molar refractivity (Wildman–Crippen MR) is 128 cm³/mol. The second-order valence-electron chi connectivity index (χ2n) is 7.67. The summed E-state index contributed by atoms with van der Waals surface area (Å²) in [4.78, 5) is 20.5. The van der Waals surface area contributed by atoms with Gasteiger partial charge < -0.3 is 19.8 Å². The second kappa shape index (κ2) is 11.3. The van der Waals surface area contributed by atoms with E-state index >= 15 is 0 Å². The van der Waals surface area contributed by atoms with E-state index in [1.165, 1.54) is 25.3 Å². The number of unbranched alkanes of at least 4 members (excludes halogenated alkanes) is 3. The van der Waals surface area contributed by atoms with Crippen molar-refractivity contribution in [1.82, 2.24) is 14.5 Å². The molecule has 0 fully saturated rings. The van der Waals surface area contributed by atoms with Crippen LogP contribution in [0.25, 0.3) is 17.1 Å². The maximum atomic E-state index is 11.6. The molecule has 0 aliphatic rings. The average Bonchev–Trinajstić information content (AvgIpc) is 3.18. The number of aryl methyl sites for hydroxylation is 1. The molecular weight excluding hydrogens is 404 g/mol. The lowest BCUT2D eigenvalue weighted by atomic mass is 10.1. The van der Waals surface area contributed by atoms with Crippen LogP contribution in [0.5, 0.6) is 5.75 Å². The molecule has 3 rings (SSSR count). The summed E-state index contributed by atoms with van der Waals surface area (Å²) in [5, 5.41) is 0. The first-order chi connectivity index (χ1) is 15.5. The Balaban J connectivity index is 1.86. The molecule has 0 aliphatic heterocycles. The highest BCUT2D eigenvalue weighted by Crippen LogP contribution is 2.26. The van der Waals surface area contributed by atoms with E-state index in [-0.39, 0.29) is 5.97 Å². The first-order valence-corrected chi connectivity index (χ1v) is 11.2. The fourth-order valence-electron chi connectivity index (χ4n) is 3.76. The number of nitrogen functional groups attached to an aromatic ring is 1. The van der Waals surface area contributed by atoms with Gasteiger partial charge in [0.15, 0.2) is 0 Å². The second-order valence-corrected chi connectivity index (χ2v) is 7.67. The Morgan fingerprint density at radius 1 is 1.16 bits per heavy atom. The van der Waals surface area contributed by atoms with Crippen LogP contribution in [-0.2, 0) is 22.5 Å². The van der Waals surface area contributed by atoms with E-state index in [2.05, 4.69) is 21.5 Å². The Hall–Kier alpha value is -3.35. The lowest BCUT2D eigenvalue weighted by Crippen LogP contribution is -2.06. The van der Waals surface area contributed by atoms with Crippen molar-refractivity contribution in [3.05, 3.63) is 53.4 Å². The number of fused-ring (bicyclic) bond motifs is 1. The zero-order chi connectivity index (χ0) is 22.9. The van der Waals surface area contributed by atoms with Gasteiger partial charge in [-0.25, -0.2) is 14.8 Å². The minimum atomic E-state index is -0.361. The molecule has 1 aromatic carbocycles. The van der Waals surface area contributed by atoms with Crippen molar-refractivity contribution in [3.8, 4) is 5.75 Å². The van der Waals surface area contributed by atoms with Gasteiger partial charge in [-0.15, -0.1) is 0 Å². The molecule has 0 amide bonds. The lowest BCUT2D eigenvalue weighted by Gasteiger charge is -2.13.